The molecule has 0 bridgehead atoms. The summed E-state index contributed by atoms with van der Waals surface area (Å²) in [5.74, 6) is 0.640. The highest BCUT2D eigenvalue weighted by molar-refractivity contribution is 5.93. The van der Waals surface area contributed by atoms with Gasteiger partial charge in [0.15, 0.2) is 5.82 Å². The van der Waals surface area contributed by atoms with Crippen LogP contribution in [0.1, 0.15) is 43.8 Å². The Hall–Kier alpha value is -2.48. The van der Waals surface area contributed by atoms with Crippen molar-refractivity contribution in [3.63, 3.8) is 0 Å². The summed E-state index contributed by atoms with van der Waals surface area (Å²) in [5.41, 5.74) is -0.114. The lowest BCUT2D eigenvalue weighted by Gasteiger charge is -2.36. The summed E-state index contributed by atoms with van der Waals surface area (Å²) < 4.78 is 18.9. The third kappa shape index (κ3) is 3.48. The summed E-state index contributed by atoms with van der Waals surface area (Å²) in [6.07, 6.45) is 4.38. The van der Waals surface area contributed by atoms with E-state index in [1.165, 1.54) is 18.2 Å². The molecule has 4 rings (SSSR count). The van der Waals surface area contributed by atoms with Crippen LogP contribution in [0.5, 0.6) is 0 Å². The second kappa shape index (κ2) is 6.11. The van der Waals surface area contributed by atoms with E-state index < -0.39 is 17.4 Å². The number of urea groups is 1. The Balaban J connectivity index is 1.49. The van der Waals surface area contributed by atoms with E-state index in [0.717, 1.165) is 19.3 Å². The Bertz CT molecular complexity index is 799. The summed E-state index contributed by atoms with van der Waals surface area (Å²) in [6, 6.07) is 3.47. The van der Waals surface area contributed by atoms with Gasteiger partial charge in [-0.3, -0.25) is 0 Å². The van der Waals surface area contributed by atoms with Crippen LogP contribution in [-0.2, 0) is 0 Å². The molecule has 0 aliphatic heterocycles. The number of hydrogen-bond acceptors (Lipinski definition) is 5. The first-order chi connectivity index (χ1) is 12.0. The molecule has 1 aromatic carbocycles. The van der Waals surface area contributed by atoms with Gasteiger partial charge in [-0.1, -0.05) is 5.16 Å². The molecule has 0 spiro atoms. The van der Waals surface area contributed by atoms with Gasteiger partial charge in [-0.15, -0.1) is 0 Å². The fourth-order valence-corrected chi connectivity index (χ4v) is 2.83. The highest BCUT2D eigenvalue weighted by Crippen LogP contribution is 2.39. The Morgan fingerprint density at radius 1 is 1.40 bits per heavy atom. The maximum Gasteiger partial charge on any atom is 0.319 e. The molecule has 2 amide bonds. The number of aliphatic hydroxyl groups is 1. The molecular formula is C17H19FN4O3. The van der Waals surface area contributed by atoms with Gasteiger partial charge in [0.25, 0.3) is 5.89 Å². The van der Waals surface area contributed by atoms with Gasteiger partial charge in [0.05, 0.1) is 16.9 Å². The summed E-state index contributed by atoms with van der Waals surface area (Å²) >= 11 is 0. The molecule has 2 fully saturated rings. The Kier molecular flexibility index (Phi) is 3.91. The number of rotatable bonds is 5. The van der Waals surface area contributed by atoms with Gasteiger partial charge >= 0.3 is 6.03 Å². The second-order valence-electron chi connectivity index (χ2n) is 6.81. The van der Waals surface area contributed by atoms with E-state index in [2.05, 4.69) is 20.8 Å². The molecule has 3 N–H and O–H groups in total. The van der Waals surface area contributed by atoms with Crippen molar-refractivity contribution in [3.8, 4) is 11.5 Å². The number of aromatic nitrogens is 2. The van der Waals surface area contributed by atoms with Crippen molar-refractivity contribution in [1.82, 2.24) is 15.5 Å². The topological polar surface area (TPSA) is 100 Å². The van der Waals surface area contributed by atoms with Crippen molar-refractivity contribution in [2.24, 2.45) is 0 Å². The number of carbonyl (C=O) groups is 1. The van der Waals surface area contributed by atoms with E-state index in [4.69, 9.17) is 4.52 Å². The third-order valence-corrected chi connectivity index (χ3v) is 4.71. The maximum absolute atomic E-state index is 13.7. The first-order valence-electron chi connectivity index (χ1n) is 8.43. The highest BCUT2D eigenvalue weighted by atomic mass is 19.1. The van der Waals surface area contributed by atoms with E-state index in [1.807, 2.05) is 0 Å². The predicted molar refractivity (Wildman–Crippen MR) is 87.5 cm³/mol. The van der Waals surface area contributed by atoms with Gasteiger partial charge in [-0.2, -0.15) is 4.98 Å². The van der Waals surface area contributed by atoms with E-state index in [9.17, 15) is 14.3 Å². The molecule has 2 saturated carbocycles. The van der Waals surface area contributed by atoms with Crippen molar-refractivity contribution >= 4 is 11.7 Å². The van der Waals surface area contributed by atoms with Gasteiger partial charge in [0.1, 0.15) is 5.82 Å². The quantitative estimate of drug-likeness (QED) is 0.773. The van der Waals surface area contributed by atoms with Crippen molar-refractivity contribution in [2.75, 3.05) is 11.9 Å². The van der Waals surface area contributed by atoms with Gasteiger partial charge in [0.2, 0.25) is 0 Å². The average molecular weight is 346 g/mol. The second-order valence-corrected chi connectivity index (χ2v) is 6.81. The maximum atomic E-state index is 13.7. The Morgan fingerprint density at radius 3 is 2.88 bits per heavy atom. The Labute approximate surface area is 143 Å². The van der Waals surface area contributed by atoms with E-state index in [0.29, 0.717) is 35.8 Å². The summed E-state index contributed by atoms with van der Waals surface area (Å²) in [7, 11) is 0. The summed E-state index contributed by atoms with van der Waals surface area (Å²) in [4.78, 5) is 16.4. The van der Waals surface area contributed by atoms with Gasteiger partial charge < -0.3 is 20.3 Å². The molecule has 132 valence electrons. The number of carbonyl (C=O) groups excluding carboxylic acids is 1. The minimum Gasteiger partial charge on any atom is -0.388 e. The van der Waals surface area contributed by atoms with E-state index in [-0.39, 0.29) is 12.4 Å². The normalized spacial score (nSPS) is 18.5. The van der Waals surface area contributed by atoms with Gasteiger partial charge in [-0.25, -0.2) is 9.18 Å². The minimum absolute atomic E-state index is 0.175. The fourth-order valence-electron chi connectivity index (χ4n) is 2.83. The molecule has 7 nitrogen and oxygen atoms in total. The smallest absolute Gasteiger partial charge is 0.319 e. The van der Waals surface area contributed by atoms with Crippen LogP contribution in [0.3, 0.4) is 0 Å². The molecule has 0 saturated heterocycles. The van der Waals surface area contributed by atoms with Crippen molar-refractivity contribution < 1.29 is 18.8 Å². The standard InChI is InChI=1S/C17H19FN4O3/c18-11-4-5-13(20-16(23)19-9-17(24)6-1-7-17)12(8-11)15-21-14(22-25-15)10-2-3-10/h4-5,8,10,24H,1-3,6-7,9H2,(H2,19,20,23). The first-order valence-corrected chi connectivity index (χ1v) is 8.43. The number of nitrogens with zero attached hydrogens (tertiary/aromatic N) is 2. The molecule has 25 heavy (non-hydrogen) atoms. The predicted octanol–water partition coefficient (Wildman–Crippen LogP) is 2.79. The van der Waals surface area contributed by atoms with Crippen LogP contribution in [0.15, 0.2) is 22.7 Å². The molecule has 2 aromatic rings. The SMILES string of the molecule is O=C(NCC1(O)CCC1)Nc1ccc(F)cc1-c1nc(C2CC2)no1. The lowest BCUT2D eigenvalue weighted by molar-refractivity contribution is -0.0287. The van der Waals surface area contributed by atoms with Crippen LogP contribution in [0.4, 0.5) is 14.9 Å². The molecule has 8 heteroatoms. The van der Waals surface area contributed by atoms with E-state index in [1.54, 1.807) is 0 Å². The summed E-state index contributed by atoms with van der Waals surface area (Å²) in [5, 5.41) is 19.2. The van der Waals surface area contributed by atoms with Gasteiger partial charge in [0, 0.05) is 12.5 Å². The van der Waals surface area contributed by atoms with Crippen LogP contribution in [0.25, 0.3) is 11.5 Å². The molecular weight excluding hydrogens is 327 g/mol. The van der Waals surface area contributed by atoms with Crippen LogP contribution in [-0.4, -0.2) is 33.4 Å². The molecule has 2 aliphatic carbocycles. The number of nitrogens with one attached hydrogen (secondary N) is 2. The number of anilines is 1. The minimum atomic E-state index is -0.811. The van der Waals surface area contributed by atoms with Crippen LogP contribution in [0.2, 0.25) is 0 Å². The average Bonchev–Trinajstić information content (AvgIpc) is 3.30. The monoisotopic (exact) mass is 346 g/mol. The molecule has 0 atom stereocenters. The van der Waals surface area contributed by atoms with Gasteiger partial charge in [-0.05, 0) is 50.3 Å². The van der Waals surface area contributed by atoms with Crippen molar-refractivity contribution in [2.45, 2.75) is 43.6 Å². The number of hydrogen-bond donors (Lipinski definition) is 3. The number of halogens is 1. The van der Waals surface area contributed by atoms with Crippen molar-refractivity contribution in [3.05, 3.63) is 29.8 Å². The zero-order valence-electron chi connectivity index (χ0n) is 13.6. The van der Waals surface area contributed by atoms with E-state index >= 15 is 0 Å². The first kappa shape index (κ1) is 16.0. The highest BCUT2D eigenvalue weighted by Gasteiger charge is 2.34. The number of amides is 2. The summed E-state index contributed by atoms with van der Waals surface area (Å²) in [6.45, 7) is 0.182. The fraction of sp³-hybridized carbons (Fsp3) is 0.471. The lowest BCUT2D eigenvalue weighted by Crippen LogP contribution is -2.48. The van der Waals surface area contributed by atoms with Crippen LogP contribution >= 0.6 is 0 Å². The zero-order valence-corrected chi connectivity index (χ0v) is 13.6. The molecule has 1 heterocycles. The van der Waals surface area contributed by atoms with Crippen molar-refractivity contribution in [1.29, 1.82) is 0 Å². The largest absolute Gasteiger partial charge is 0.388 e. The Morgan fingerprint density at radius 2 is 2.20 bits per heavy atom. The third-order valence-electron chi connectivity index (χ3n) is 4.71. The lowest BCUT2D eigenvalue weighted by atomic mass is 9.80. The molecule has 0 unspecified atom stereocenters. The molecule has 1 aromatic heterocycles. The van der Waals surface area contributed by atoms with Crippen LogP contribution in [0, 0.1) is 5.82 Å². The zero-order chi connectivity index (χ0) is 17.4. The molecule has 2 aliphatic rings. The van der Waals surface area contributed by atoms with Crippen LogP contribution < -0.4 is 10.6 Å². The number of benzene rings is 1. The molecule has 0 radical (unpaired) electrons.